The van der Waals surface area contributed by atoms with Crippen LogP contribution >= 0.6 is 35.0 Å². The van der Waals surface area contributed by atoms with Crippen LogP contribution in [0.3, 0.4) is 0 Å². The third-order valence-electron chi connectivity index (χ3n) is 5.00. The van der Waals surface area contributed by atoms with Crippen molar-refractivity contribution in [2.24, 2.45) is 0 Å². The molecule has 158 valence electrons. The highest BCUT2D eigenvalue weighted by atomic mass is 35.5. The van der Waals surface area contributed by atoms with E-state index >= 15 is 0 Å². The number of nitrogens with zero attached hydrogens (tertiary/aromatic N) is 2. The summed E-state index contributed by atoms with van der Waals surface area (Å²) in [6.45, 7) is 1.12. The third-order valence-corrected chi connectivity index (χ3v) is 6.73. The normalized spacial score (nSPS) is 21.2. The monoisotopic (exact) mass is 463 g/mol. The zero-order chi connectivity index (χ0) is 21.0. The Balaban J connectivity index is 1.42. The first kappa shape index (κ1) is 21.5. The summed E-state index contributed by atoms with van der Waals surface area (Å²) in [5.74, 6) is 0.0767. The fourth-order valence-electron chi connectivity index (χ4n) is 3.45. The lowest BCUT2D eigenvalue weighted by atomic mass is 10.0. The second-order valence-corrected chi connectivity index (χ2v) is 9.25. The summed E-state index contributed by atoms with van der Waals surface area (Å²) < 4.78 is 14.7. The first-order valence-corrected chi connectivity index (χ1v) is 11.5. The second-order valence-electron chi connectivity index (χ2n) is 7.31. The largest absolute Gasteiger partial charge is 0.399 e. The van der Waals surface area contributed by atoms with Crippen LogP contribution in [0.4, 0.5) is 5.69 Å². The minimum Gasteiger partial charge on any atom is -0.399 e. The highest BCUT2D eigenvalue weighted by Crippen LogP contribution is 2.34. The van der Waals surface area contributed by atoms with E-state index in [0.29, 0.717) is 29.6 Å². The number of imidazole rings is 1. The molecule has 0 aliphatic carbocycles. The van der Waals surface area contributed by atoms with Crippen molar-refractivity contribution in [2.75, 3.05) is 18.1 Å². The Labute approximate surface area is 190 Å². The van der Waals surface area contributed by atoms with Gasteiger partial charge in [-0.05, 0) is 48.4 Å². The average Bonchev–Trinajstić information content (AvgIpc) is 3.38. The molecule has 1 aromatic heterocycles. The Kier molecular flexibility index (Phi) is 6.91. The lowest BCUT2D eigenvalue weighted by Crippen LogP contribution is -2.37. The first-order chi connectivity index (χ1) is 14.5. The van der Waals surface area contributed by atoms with E-state index in [2.05, 4.69) is 4.98 Å². The molecule has 0 amide bonds. The molecule has 1 fully saturated rings. The number of benzene rings is 2. The maximum absolute atomic E-state index is 6.47. The van der Waals surface area contributed by atoms with Gasteiger partial charge in [-0.25, -0.2) is 4.98 Å². The number of anilines is 1. The van der Waals surface area contributed by atoms with Crippen molar-refractivity contribution in [3.63, 3.8) is 0 Å². The van der Waals surface area contributed by atoms with Gasteiger partial charge in [0.25, 0.3) is 0 Å². The van der Waals surface area contributed by atoms with Crippen LogP contribution in [-0.4, -0.2) is 33.8 Å². The van der Waals surface area contributed by atoms with E-state index in [1.165, 1.54) is 0 Å². The Bertz CT molecular complexity index is 969. The molecule has 0 radical (unpaired) electrons. The minimum absolute atomic E-state index is 0.00300. The number of nitrogens with two attached hydrogens (primary N) is 1. The van der Waals surface area contributed by atoms with E-state index in [-0.39, 0.29) is 6.10 Å². The van der Waals surface area contributed by atoms with Crippen molar-refractivity contribution in [2.45, 2.75) is 36.2 Å². The number of hydrogen-bond acceptors (Lipinski definition) is 5. The van der Waals surface area contributed by atoms with Crippen LogP contribution in [0.15, 0.2) is 66.1 Å². The number of thioether (sulfide) groups is 1. The highest BCUT2D eigenvalue weighted by molar-refractivity contribution is 7.99. The molecule has 30 heavy (non-hydrogen) atoms. The van der Waals surface area contributed by atoms with Crippen molar-refractivity contribution in [1.29, 1.82) is 0 Å². The molecule has 2 N–H and O–H groups in total. The van der Waals surface area contributed by atoms with Gasteiger partial charge in [0.2, 0.25) is 0 Å². The van der Waals surface area contributed by atoms with Crippen molar-refractivity contribution < 1.29 is 9.47 Å². The van der Waals surface area contributed by atoms with E-state index in [4.69, 9.17) is 38.4 Å². The van der Waals surface area contributed by atoms with Gasteiger partial charge in [0.15, 0.2) is 5.79 Å². The van der Waals surface area contributed by atoms with Gasteiger partial charge in [0.05, 0.1) is 25.6 Å². The molecule has 1 aliphatic rings. The van der Waals surface area contributed by atoms with Crippen LogP contribution < -0.4 is 5.73 Å². The van der Waals surface area contributed by atoms with E-state index in [0.717, 1.165) is 28.3 Å². The molecule has 1 saturated heterocycles. The van der Waals surface area contributed by atoms with Gasteiger partial charge in [-0.3, -0.25) is 0 Å². The summed E-state index contributed by atoms with van der Waals surface area (Å²) in [4.78, 5) is 5.30. The van der Waals surface area contributed by atoms with Crippen LogP contribution in [0, 0.1) is 0 Å². The molecule has 0 bridgehead atoms. The van der Waals surface area contributed by atoms with Crippen molar-refractivity contribution in [3.8, 4) is 0 Å². The lowest BCUT2D eigenvalue weighted by Gasteiger charge is -2.29. The van der Waals surface area contributed by atoms with Crippen LogP contribution in [0.25, 0.3) is 0 Å². The first-order valence-electron chi connectivity index (χ1n) is 9.71. The lowest BCUT2D eigenvalue weighted by molar-refractivity contribution is -0.180. The SMILES string of the molecule is Nc1ccc(SC[C@H]2CO[C@](CCc3ccc(Cl)cc3Cl)(Cn3ccnc3)O2)cc1. The predicted molar refractivity (Wildman–Crippen MR) is 122 cm³/mol. The van der Waals surface area contributed by atoms with Crippen LogP contribution in [-0.2, 0) is 22.4 Å². The maximum atomic E-state index is 6.47. The van der Waals surface area contributed by atoms with Crippen molar-refractivity contribution >= 4 is 40.7 Å². The molecule has 5 nitrogen and oxygen atoms in total. The standard InChI is InChI=1S/C22H23Cl2N3O2S/c23-17-2-1-16(21(24)11-17)7-8-22(14-27-10-9-26-15-27)28-12-19(29-22)13-30-20-5-3-18(25)4-6-20/h1-6,9-11,15,19H,7-8,12-14,25H2/t19-,22+/m1/s1. The molecule has 8 heteroatoms. The highest BCUT2D eigenvalue weighted by Gasteiger charge is 2.41. The van der Waals surface area contributed by atoms with E-state index in [1.54, 1.807) is 30.4 Å². The number of nitrogen functional groups attached to an aromatic ring is 1. The zero-order valence-electron chi connectivity index (χ0n) is 16.3. The molecule has 1 aliphatic heterocycles. The molecule has 2 atom stereocenters. The van der Waals surface area contributed by atoms with Crippen molar-refractivity contribution in [3.05, 3.63) is 76.8 Å². The summed E-state index contributed by atoms with van der Waals surface area (Å²) in [6.07, 6.45) is 6.85. The smallest absolute Gasteiger partial charge is 0.187 e. The van der Waals surface area contributed by atoms with Gasteiger partial charge in [-0.1, -0.05) is 29.3 Å². The maximum Gasteiger partial charge on any atom is 0.187 e. The molecule has 0 unspecified atom stereocenters. The number of aryl methyl sites for hydroxylation is 1. The molecule has 0 spiro atoms. The fourth-order valence-corrected chi connectivity index (χ4v) is 4.83. The summed E-state index contributed by atoms with van der Waals surface area (Å²) in [6, 6.07) is 13.4. The number of rotatable bonds is 8. The third kappa shape index (κ3) is 5.50. The minimum atomic E-state index is -0.726. The number of aromatic nitrogens is 2. The molecule has 3 aromatic rings. The number of ether oxygens (including phenoxy) is 2. The van der Waals surface area contributed by atoms with Crippen LogP contribution in [0.1, 0.15) is 12.0 Å². The molecule has 2 aromatic carbocycles. The van der Waals surface area contributed by atoms with E-state index in [1.807, 2.05) is 47.2 Å². The van der Waals surface area contributed by atoms with Gasteiger partial charge in [-0.15, -0.1) is 11.8 Å². The van der Waals surface area contributed by atoms with Gasteiger partial charge < -0.3 is 19.8 Å². The Morgan fingerprint density at radius 2 is 2.03 bits per heavy atom. The van der Waals surface area contributed by atoms with Gasteiger partial charge in [0, 0.05) is 45.2 Å². The summed E-state index contributed by atoms with van der Waals surface area (Å²) in [5, 5.41) is 1.29. The van der Waals surface area contributed by atoms with Crippen LogP contribution in [0.2, 0.25) is 10.0 Å². The average molecular weight is 464 g/mol. The Morgan fingerprint density at radius 3 is 2.77 bits per heavy atom. The summed E-state index contributed by atoms with van der Waals surface area (Å²) >= 11 is 14.1. The fraction of sp³-hybridized carbons (Fsp3) is 0.318. The molecule has 0 saturated carbocycles. The summed E-state index contributed by atoms with van der Waals surface area (Å²) in [7, 11) is 0. The van der Waals surface area contributed by atoms with E-state index in [9.17, 15) is 0 Å². The van der Waals surface area contributed by atoms with Crippen molar-refractivity contribution in [1.82, 2.24) is 9.55 Å². The molecular weight excluding hydrogens is 441 g/mol. The van der Waals surface area contributed by atoms with E-state index < -0.39 is 5.79 Å². The Hall–Kier alpha value is -1.70. The number of halogens is 2. The summed E-state index contributed by atoms with van der Waals surface area (Å²) in [5.41, 5.74) is 7.56. The molecule has 4 rings (SSSR count). The van der Waals surface area contributed by atoms with Crippen LogP contribution in [0.5, 0.6) is 0 Å². The molecule has 2 heterocycles. The second kappa shape index (κ2) is 9.62. The molecular formula is C22H23Cl2N3O2S. The van der Waals surface area contributed by atoms with Gasteiger partial charge in [0.1, 0.15) is 0 Å². The zero-order valence-corrected chi connectivity index (χ0v) is 18.7. The quantitative estimate of drug-likeness (QED) is 0.362. The topological polar surface area (TPSA) is 62.3 Å². The number of hydrogen-bond donors (Lipinski definition) is 1. The Morgan fingerprint density at radius 1 is 1.20 bits per heavy atom. The predicted octanol–water partition coefficient (Wildman–Crippen LogP) is 5.31. The van der Waals surface area contributed by atoms with Gasteiger partial charge in [-0.2, -0.15) is 0 Å². The van der Waals surface area contributed by atoms with Gasteiger partial charge >= 0.3 is 0 Å².